The maximum absolute atomic E-state index is 12.2. The molecule has 1 atom stereocenters. The lowest BCUT2D eigenvalue weighted by atomic mass is 10.1. The summed E-state index contributed by atoms with van der Waals surface area (Å²) in [5.41, 5.74) is 0.454. The van der Waals surface area contributed by atoms with Gasteiger partial charge < -0.3 is 0 Å². The third-order valence-electron chi connectivity index (χ3n) is 2.83. The van der Waals surface area contributed by atoms with Crippen LogP contribution in [0.2, 0.25) is 0 Å². The lowest BCUT2D eigenvalue weighted by Crippen LogP contribution is -2.11. The average Bonchev–Trinajstić information content (AvgIpc) is 2.93. The number of para-hydroxylation sites is 1. The van der Waals surface area contributed by atoms with Gasteiger partial charge in [0.1, 0.15) is 5.25 Å². The van der Waals surface area contributed by atoms with Crippen LogP contribution in [-0.2, 0) is 0 Å². The second kappa shape index (κ2) is 3.99. The number of thioether (sulfide) groups is 1. The first-order chi connectivity index (χ1) is 8.68. The van der Waals surface area contributed by atoms with Crippen LogP contribution in [0.5, 0.6) is 0 Å². The maximum atomic E-state index is 12.2. The van der Waals surface area contributed by atoms with Crippen molar-refractivity contribution >= 4 is 23.4 Å². The summed E-state index contributed by atoms with van der Waals surface area (Å²) in [6.45, 7) is 0. The molecule has 5 nitrogen and oxygen atoms in total. The van der Waals surface area contributed by atoms with E-state index in [9.17, 15) is 14.9 Å². The summed E-state index contributed by atoms with van der Waals surface area (Å²) in [6, 6.07) is 10.0. The number of benzene rings is 1. The summed E-state index contributed by atoms with van der Waals surface area (Å²) in [5.74, 6) is -0.130. The summed E-state index contributed by atoms with van der Waals surface area (Å²) < 4.78 is 1.53. The Morgan fingerprint density at radius 2 is 2.00 bits per heavy atom. The Bertz CT molecular complexity index is 650. The smallest absolute Gasteiger partial charge is 0.274 e. The van der Waals surface area contributed by atoms with Gasteiger partial charge in [-0.15, -0.1) is 0 Å². The van der Waals surface area contributed by atoms with Crippen molar-refractivity contribution in [1.82, 2.24) is 4.57 Å². The largest absolute Gasteiger partial charge is 0.281 e. The molecule has 1 aromatic heterocycles. The summed E-state index contributed by atoms with van der Waals surface area (Å²) in [5, 5.41) is 11.3. The number of aromatic nitrogens is 1. The molecular weight excluding hydrogens is 252 g/mol. The maximum Gasteiger partial charge on any atom is 0.274 e. The van der Waals surface area contributed by atoms with E-state index >= 15 is 0 Å². The molecule has 0 saturated carbocycles. The van der Waals surface area contributed by atoms with Crippen LogP contribution in [0.25, 0.3) is 0 Å². The van der Waals surface area contributed by atoms with Gasteiger partial charge in [-0.1, -0.05) is 30.0 Å². The highest BCUT2D eigenvalue weighted by molar-refractivity contribution is 8.00. The lowest BCUT2D eigenvalue weighted by molar-refractivity contribution is -0.385. The lowest BCUT2D eigenvalue weighted by Gasteiger charge is -2.07. The Morgan fingerprint density at radius 3 is 2.72 bits per heavy atom. The van der Waals surface area contributed by atoms with Gasteiger partial charge in [0.2, 0.25) is 5.91 Å². The molecular formula is C12H8N2O3S. The van der Waals surface area contributed by atoms with E-state index in [1.165, 1.54) is 22.4 Å². The Kier molecular flexibility index (Phi) is 2.45. The van der Waals surface area contributed by atoms with Gasteiger partial charge in [-0.2, -0.15) is 0 Å². The van der Waals surface area contributed by atoms with Gasteiger partial charge in [-0.3, -0.25) is 19.5 Å². The highest BCUT2D eigenvalue weighted by atomic mass is 32.2. The fourth-order valence-corrected chi connectivity index (χ4v) is 3.22. The molecule has 1 unspecified atom stereocenters. The van der Waals surface area contributed by atoms with E-state index in [0.29, 0.717) is 5.56 Å². The Balaban J connectivity index is 2.06. The van der Waals surface area contributed by atoms with Crippen LogP contribution in [0.1, 0.15) is 15.6 Å². The van der Waals surface area contributed by atoms with Crippen LogP contribution in [0, 0.1) is 10.1 Å². The molecule has 3 rings (SSSR count). The number of nitro groups is 1. The molecule has 2 aromatic rings. The fraction of sp³-hybridized carbons (Fsp3) is 0.0833. The van der Waals surface area contributed by atoms with E-state index in [0.717, 1.165) is 5.03 Å². The highest BCUT2D eigenvalue weighted by Gasteiger charge is 2.35. The second-order valence-corrected chi connectivity index (χ2v) is 4.99. The van der Waals surface area contributed by atoms with Crippen LogP contribution in [0.4, 0.5) is 5.69 Å². The first kappa shape index (κ1) is 11.0. The molecule has 6 heteroatoms. The summed E-state index contributed by atoms with van der Waals surface area (Å²) in [6.07, 6.45) is 1.68. The molecule has 1 aromatic carbocycles. The van der Waals surface area contributed by atoms with Gasteiger partial charge in [-0.05, 0) is 12.1 Å². The van der Waals surface area contributed by atoms with Crippen LogP contribution in [0.3, 0.4) is 0 Å². The predicted molar refractivity (Wildman–Crippen MR) is 66.8 cm³/mol. The van der Waals surface area contributed by atoms with Gasteiger partial charge in [0, 0.05) is 12.3 Å². The van der Waals surface area contributed by atoms with Crippen molar-refractivity contribution in [2.75, 3.05) is 0 Å². The van der Waals surface area contributed by atoms with Gasteiger partial charge in [0.25, 0.3) is 5.69 Å². The molecule has 18 heavy (non-hydrogen) atoms. The van der Waals surface area contributed by atoms with Crippen molar-refractivity contribution in [3.63, 3.8) is 0 Å². The third-order valence-corrected chi connectivity index (χ3v) is 4.09. The highest BCUT2D eigenvalue weighted by Crippen LogP contribution is 2.45. The monoisotopic (exact) mass is 260 g/mol. The number of nitrogens with zero attached hydrogens (tertiary/aromatic N) is 2. The molecule has 0 fully saturated rings. The number of fused-ring (bicyclic) bond motifs is 1. The first-order valence-corrected chi connectivity index (χ1v) is 6.18. The van der Waals surface area contributed by atoms with Crippen LogP contribution in [0.15, 0.2) is 47.6 Å². The minimum atomic E-state index is -0.525. The van der Waals surface area contributed by atoms with Crippen molar-refractivity contribution in [3.05, 3.63) is 58.3 Å². The van der Waals surface area contributed by atoms with Crippen LogP contribution in [-0.4, -0.2) is 15.4 Å². The van der Waals surface area contributed by atoms with E-state index in [-0.39, 0.29) is 11.6 Å². The topological polar surface area (TPSA) is 65.1 Å². The number of hydrogen-bond donors (Lipinski definition) is 0. The fourth-order valence-electron chi connectivity index (χ4n) is 2.01. The molecule has 90 valence electrons. The molecule has 0 radical (unpaired) electrons. The molecule has 0 bridgehead atoms. The number of hydrogen-bond acceptors (Lipinski definition) is 4. The summed E-state index contributed by atoms with van der Waals surface area (Å²) in [4.78, 5) is 22.7. The molecule has 0 aliphatic carbocycles. The van der Waals surface area contributed by atoms with Gasteiger partial charge in [-0.25, -0.2) is 0 Å². The van der Waals surface area contributed by atoms with Crippen LogP contribution >= 0.6 is 11.8 Å². The van der Waals surface area contributed by atoms with E-state index in [4.69, 9.17) is 0 Å². The van der Waals surface area contributed by atoms with Gasteiger partial charge >= 0.3 is 0 Å². The molecule has 2 heterocycles. The van der Waals surface area contributed by atoms with Crippen molar-refractivity contribution in [2.45, 2.75) is 10.3 Å². The third kappa shape index (κ3) is 1.53. The Labute approximate surface area is 107 Å². The zero-order valence-electron chi connectivity index (χ0n) is 9.15. The SMILES string of the molecule is O=C1C(c2ccccc2[N+](=O)[O-])Sc2cccn21. The number of carbonyl (C=O) groups excluding carboxylic acids is 1. The zero-order valence-corrected chi connectivity index (χ0v) is 9.96. The molecule has 0 saturated heterocycles. The van der Waals surface area contributed by atoms with Crippen molar-refractivity contribution in [3.8, 4) is 0 Å². The number of carbonyl (C=O) groups is 1. The van der Waals surface area contributed by atoms with E-state index in [2.05, 4.69) is 0 Å². The van der Waals surface area contributed by atoms with Crippen molar-refractivity contribution in [2.24, 2.45) is 0 Å². The normalized spacial score (nSPS) is 17.8. The van der Waals surface area contributed by atoms with Crippen molar-refractivity contribution < 1.29 is 9.72 Å². The first-order valence-electron chi connectivity index (χ1n) is 5.30. The van der Waals surface area contributed by atoms with Gasteiger partial charge in [0.05, 0.1) is 15.5 Å². The van der Waals surface area contributed by atoms with Crippen LogP contribution < -0.4 is 0 Å². The van der Waals surface area contributed by atoms with E-state index in [1.54, 1.807) is 30.5 Å². The average molecular weight is 260 g/mol. The molecule has 1 aliphatic heterocycles. The number of rotatable bonds is 2. The minimum absolute atomic E-state index is 0.00546. The second-order valence-electron chi connectivity index (χ2n) is 3.87. The van der Waals surface area contributed by atoms with Crippen molar-refractivity contribution in [1.29, 1.82) is 0 Å². The zero-order chi connectivity index (χ0) is 12.7. The Hall–Kier alpha value is -2.08. The molecule has 0 amide bonds. The molecule has 1 aliphatic rings. The van der Waals surface area contributed by atoms with E-state index in [1.807, 2.05) is 6.07 Å². The molecule has 0 N–H and O–H groups in total. The summed E-state index contributed by atoms with van der Waals surface area (Å²) >= 11 is 1.34. The van der Waals surface area contributed by atoms with Gasteiger partial charge in [0.15, 0.2) is 0 Å². The summed E-state index contributed by atoms with van der Waals surface area (Å²) in [7, 11) is 0. The molecule has 0 spiro atoms. The number of nitro benzene ring substituents is 1. The minimum Gasteiger partial charge on any atom is -0.281 e. The predicted octanol–water partition coefficient (Wildman–Crippen LogP) is 2.88. The standard InChI is InChI=1S/C12H8N2O3S/c15-12-11(18-10-6-3-7-13(10)12)8-4-1-2-5-9(8)14(16)17/h1-7,11H. The Morgan fingerprint density at radius 1 is 1.22 bits per heavy atom. The van der Waals surface area contributed by atoms with E-state index < -0.39 is 10.2 Å². The quantitative estimate of drug-likeness (QED) is 0.615.